The van der Waals surface area contributed by atoms with Gasteiger partial charge in [0.05, 0.1) is 18.5 Å². The maximum Gasteiger partial charge on any atom is 0.261 e. The van der Waals surface area contributed by atoms with E-state index in [1.165, 1.54) is 7.11 Å². The molecule has 0 fully saturated rings. The molecule has 5 rings (SSSR count). The Kier molecular flexibility index (Phi) is 7.93. The summed E-state index contributed by atoms with van der Waals surface area (Å²) >= 11 is 0. The highest BCUT2D eigenvalue weighted by molar-refractivity contribution is 6.09. The van der Waals surface area contributed by atoms with Crippen molar-refractivity contribution in [3.8, 4) is 23.0 Å². The monoisotopic (exact) mass is 502 g/mol. The minimum absolute atomic E-state index is 0. The molecule has 4 heterocycles. The Labute approximate surface area is 208 Å². The molecule has 1 amide bonds. The Bertz CT molecular complexity index is 1290. The number of nitrogens with one attached hydrogen (secondary N) is 2. The predicted molar refractivity (Wildman–Crippen MR) is 132 cm³/mol. The van der Waals surface area contributed by atoms with E-state index in [0.717, 1.165) is 36.5 Å². The zero-order chi connectivity index (χ0) is 22.1. The summed E-state index contributed by atoms with van der Waals surface area (Å²) in [4.78, 5) is 22.2. The molecular weight excluding hydrogens is 479 g/mol. The molecule has 9 nitrogen and oxygen atoms in total. The largest absolute Gasteiger partial charge is 0.479 e. The topological polar surface area (TPSA) is 107 Å². The number of fused-ring (bicyclic) bond motifs is 1. The molecule has 0 saturated heterocycles. The average molecular weight is 503 g/mol. The fraction of sp³-hybridized carbons (Fsp3) is 0.217. The summed E-state index contributed by atoms with van der Waals surface area (Å²) in [7, 11) is 1.52. The highest BCUT2D eigenvalue weighted by Gasteiger charge is 2.23. The van der Waals surface area contributed by atoms with Crippen LogP contribution in [0.4, 0.5) is 5.69 Å². The quantitative estimate of drug-likeness (QED) is 0.424. The first-order valence-corrected chi connectivity index (χ1v) is 10.3. The van der Waals surface area contributed by atoms with Gasteiger partial charge in [-0.2, -0.15) is 4.98 Å². The van der Waals surface area contributed by atoms with Crippen molar-refractivity contribution in [1.82, 2.24) is 25.0 Å². The molecule has 0 radical (unpaired) electrons. The van der Waals surface area contributed by atoms with Crippen molar-refractivity contribution in [3.05, 3.63) is 71.5 Å². The highest BCUT2D eigenvalue weighted by Crippen LogP contribution is 2.29. The van der Waals surface area contributed by atoms with E-state index in [1.54, 1.807) is 19.3 Å². The molecule has 0 spiro atoms. The Hall–Kier alpha value is -3.40. The van der Waals surface area contributed by atoms with Crippen molar-refractivity contribution in [2.75, 3.05) is 19.0 Å². The van der Waals surface area contributed by atoms with Crippen molar-refractivity contribution in [3.63, 3.8) is 0 Å². The molecule has 0 atom stereocenters. The van der Waals surface area contributed by atoms with Crippen LogP contribution < -0.4 is 15.4 Å². The van der Waals surface area contributed by atoms with Crippen molar-refractivity contribution in [1.29, 1.82) is 0 Å². The lowest BCUT2D eigenvalue weighted by atomic mass is 10.1. The van der Waals surface area contributed by atoms with Crippen LogP contribution in [-0.4, -0.2) is 39.3 Å². The van der Waals surface area contributed by atoms with Crippen LogP contribution in [0.1, 0.15) is 27.5 Å². The van der Waals surface area contributed by atoms with Gasteiger partial charge in [-0.3, -0.25) is 9.36 Å². The standard InChI is InChI=1S/C23H22N6O3.2ClH/c1-14-20(21(28-32-14)15-6-4-3-5-7-15)22(30)26-17-8-9-19(27-23(17)31-2)29-13-25-16-10-11-24-12-18(16)29;;/h3-9,13,24H,10-12H2,1-2H3,(H,26,30);2*1H. The number of methoxy groups -OCH3 is 1. The smallest absolute Gasteiger partial charge is 0.261 e. The number of nitrogens with zero attached hydrogens (tertiary/aromatic N) is 4. The van der Waals surface area contributed by atoms with E-state index in [1.807, 2.05) is 41.0 Å². The molecule has 0 bridgehead atoms. The van der Waals surface area contributed by atoms with Gasteiger partial charge in [0.15, 0.2) is 0 Å². The number of ether oxygens (including phenoxy) is 1. The number of hydrogen-bond acceptors (Lipinski definition) is 7. The van der Waals surface area contributed by atoms with Gasteiger partial charge in [0.2, 0.25) is 5.88 Å². The van der Waals surface area contributed by atoms with Crippen LogP contribution in [0, 0.1) is 6.92 Å². The lowest BCUT2D eigenvalue weighted by Crippen LogP contribution is -2.25. The molecule has 0 aliphatic carbocycles. The molecule has 2 N–H and O–H groups in total. The number of anilines is 1. The third-order valence-electron chi connectivity index (χ3n) is 5.45. The minimum atomic E-state index is -0.348. The summed E-state index contributed by atoms with van der Waals surface area (Å²) in [6.07, 6.45) is 2.65. The molecule has 3 aromatic heterocycles. The van der Waals surface area contributed by atoms with Crippen LogP contribution in [0.15, 0.2) is 53.3 Å². The maximum atomic E-state index is 13.1. The molecule has 1 aliphatic rings. The minimum Gasteiger partial charge on any atom is -0.479 e. The lowest BCUT2D eigenvalue weighted by Gasteiger charge is -2.16. The van der Waals surface area contributed by atoms with Crippen LogP contribution in [0.5, 0.6) is 5.88 Å². The molecule has 1 aromatic carbocycles. The van der Waals surface area contributed by atoms with Crippen LogP contribution in [0.2, 0.25) is 0 Å². The van der Waals surface area contributed by atoms with Gasteiger partial charge in [-0.05, 0) is 19.1 Å². The van der Waals surface area contributed by atoms with Gasteiger partial charge in [0.1, 0.15) is 34.9 Å². The molecule has 1 aliphatic heterocycles. The number of carbonyl (C=O) groups is 1. The first kappa shape index (κ1) is 25.2. The lowest BCUT2D eigenvalue weighted by molar-refractivity contribution is 0.102. The van der Waals surface area contributed by atoms with Crippen LogP contribution in [-0.2, 0) is 13.0 Å². The summed E-state index contributed by atoms with van der Waals surface area (Å²) in [6.45, 7) is 3.36. The summed E-state index contributed by atoms with van der Waals surface area (Å²) in [5, 5.41) is 10.3. The normalized spacial score (nSPS) is 12.2. The second kappa shape index (κ2) is 10.7. The zero-order valence-corrected chi connectivity index (χ0v) is 20.2. The number of hydrogen-bond donors (Lipinski definition) is 2. The third-order valence-corrected chi connectivity index (χ3v) is 5.45. The van der Waals surface area contributed by atoms with Crippen molar-refractivity contribution in [2.24, 2.45) is 0 Å². The number of pyridine rings is 1. The SMILES string of the molecule is COc1nc(-n2cnc3c2CNCC3)ccc1NC(=O)c1c(-c2ccccc2)noc1C.Cl.Cl. The summed E-state index contributed by atoms with van der Waals surface area (Å²) < 4.78 is 12.7. The predicted octanol–water partition coefficient (Wildman–Crippen LogP) is 3.98. The number of aromatic nitrogens is 4. The van der Waals surface area contributed by atoms with E-state index in [4.69, 9.17) is 9.26 Å². The molecule has 178 valence electrons. The molecule has 4 aromatic rings. The van der Waals surface area contributed by atoms with E-state index in [-0.39, 0.29) is 30.7 Å². The van der Waals surface area contributed by atoms with Gasteiger partial charge < -0.3 is 19.9 Å². The third kappa shape index (κ3) is 4.63. The van der Waals surface area contributed by atoms with Gasteiger partial charge in [-0.15, -0.1) is 24.8 Å². The fourth-order valence-corrected chi connectivity index (χ4v) is 3.85. The first-order chi connectivity index (χ1) is 15.7. The van der Waals surface area contributed by atoms with Crippen LogP contribution in [0.3, 0.4) is 0 Å². The van der Waals surface area contributed by atoms with Crippen molar-refractivity contribution < 1.29 is 14.1 Å². The van der Waals surface area contributed by atoms with E-state index >= 15 is 0 Å². The molecule has 34 heavy (non-hydrogen) atoms. The molecule has 11 heteroatoms. The van der Waals surface area contributed by atoms with Gasteiger partial charge in [-0.25, -0.2) is 4.98 Å². The number of carbonyl (C=O) groups excluding carboxylic acids is 1. The summed E-state index contributed by atoms with van der Waals surface area (Å²) in [5.74, 6) is 1.06. The van der Waals surface area contributed by atoms with Crippen molar-refractivity contribution in [2.45, 2.75) is 19.9 Å². The molecule has 0 saturated carbocycles. The van der Waals surface area contributed by atoms with Gasteiger partial charge in [-0.1, -0.05) is 35.5 Å². The number of benzene rings is 1. The average Bonchev–Trinajstić information content (AvgIpc) is 3.43. The summed E-state index contributed by atoms with van der Waals surface area (Å²) in [6, 6.07) is 13.0. The van der Waals surface area contributed by atoms with Gasteiger partial charge in [0, 0.05) is 25.1 Å². The highest BCUT2D eigenvalue weighted by atomic mass is 35.5. The Morgan fingerprint density at radius 1 is 1.18 bits per heavy atom. The van der Waals surface area contributed by atoms with E-state index in [2.05, 4.69) is 25.8 Å². The number of aryl methyl sites for hydroxylation is 1. The Balaban J connectivity index is 0.00000162. The maximum absolute atomic E-state index is 13.1. The number of imidazole rings is 1. The van der Waals surface area contributed by atoms with E-state index in [0.29, 0.717) is 34.4 Å². The molecular formula is C23H24Cl2N6O3. The first-order valence-electron chi connectivity index (χ1n) is 10.3. The summed E-state index contributed by atoms with van der Waals surface area (Å²) in [5.41, 5.74) is 4.26. The van der Waals surface area contributed by atoms with Crippen LogP contribution in [0.25, 0.3) is 17.1 Å². The fourth-order valence-electron chi connectivity index (χ4n) is 3.85. The van der Waals surface area contributed by atoms with E-state index in [9.17, 15) is 4.79 Å². The number of rotatable bonds is 5. The number of halogens is 2. The second-order valence-corrected chi connectivity index (χ2v) is 7.44. The number of amides is 1. The van der Waals surface area contributed by atoms with Crippen LogP contribution >= 0.6 is 24.8 Å². The second-order valence-electron chi connectivity index (χ2n) is 7.44. The van der Waals surface area contributed by atoms with Gasteiger partial charge in [0.25, 0.3) is 5.91 Å². The Morgan fingerprint density at radius 2 is 1.97 bits per heavy atom. The molecule has 0 unspecified atom stereocenters. The Morgan fingerprint density at radius 3 is 2.74 bits per heavy atom. The van der Waals surface area contributed by atoms with E-state index < -0.39 is 0 Å². The van der Waals surface area contributed by atoms with Gasteiger partial charge >= 0.3 is 0 Å². The van der Waals surface area contributed by atoms with Crippen molar-refractivity contribution >= 4 is 36.4 Å². The zero-order valence-electron chi connectivity index (χ0n) is 18.6.